The summed E-state index contributed by atoms with van der Waals surface area (Å²) in [5.41, 5.74) is -3.73. The molecule has 0 atom stereocenters. The zero-order chi connectivity index (χ0) is 18.4. The third-order valence-corrected chi connectivity index (χ3v) is 4.35. The molecule has 1 aliphatic heterocycles. The molecule has 0 aromatic heterocycles. The summed E-state index contributed by atoms with van der Waals surface area (Å²) in [5.74, 6) is -0.0807. The number of benzene rings is 2. The molecular formula is C16H8F6O2S. The van der Waals surface area contributed by atoms with Gasteiger partial charge in [-0.15, -0.1) is 0 Å². The van der Waals surface area contributed by atoms with E-state index in [1.54, 1.807) is 0 Å². The number of ketones is 1. The maximum Gasteiger partial charge on any atom is 0.416 e. The minimum atomic E-state index is -5.00. The molecule has 3 rings (SSSR count). The molecule has 0 N–H and O–H groups in total. The predicted molar refractivity (Wildman–Crippen MR) is 77.7 cm³/mol. The molecule has 1 heterocycles. The molecule has 0 unspecified atom stereocenters. The first kappa shape index (κ1) is 17.7. The minimum Gasteiger partial charge on any atom is -0.481 e. The number of halogens is 6. The average Bonchev–Trinajstić information content (AvgIpc) is 2.99. The highest BCUT2D eigenvalue weighted by Gasteiger charge is 2.37. The van der Waals surface area contributed by atoms with Crippen molar-refractivity contribution in [3.63, 3.8) is 0 Å². The molecule has 2 aromatic carbocycles. The Balaban J connectivity index is 2.08. The van der Waals surface area contributed by atoms with Gasteiger partial charge in [-0.05, 0) is 36.4 Å². The lowest BCUT2D eigenvalue weighted by atomic mass is 9.98. The van der Waals surface area contributed by atoms with E-state index in [2.05, 4.69) is 0 Å². The van der Waals surface area contributed by atoms with Crippen LogP contribution in [0.5, 0.6) is 5.75 Å². The van der Waals surface area contributed by atoms with Gasteiger partial charge in [0.2, 0.25) is 0 Å². The summed E-state index contributed by atoms with van der Waals surface area (Å²) >= 11 is 1.28. The summed E-state index contributed by atoms with van der Waals surface area (Å²) in [7, 11) is 0. The van der Waals surface area contributed by atoms with Gasteiger partial charge in [-0.25, -0.2) is 0 Å². The van der Waals surface area contributed by atoms with Crippen LogP contribution in [0.15, 0.2) is 41.3 Å². The Kier molecular flexibility index (Phi) is 4.22. The van der Waals surface area contributed by atoms with Crippen molar-refractivity contribution in [2.75, 3.05) is 5.94 Å². The van der Waals surface area contributed by atoms with E-state index < -0.39 is 34.8 Å². The number of hydrogen-bond acceptors (Lipinski definition) is 3. The highest BCUT2D eigenvalue weighted by molar-refractivity contribution is 7.99. The lowest BCUT2D eigenvalue weighted by molar-refractivity contribution is -0.143. The quantitative estimate of drug-likeness (QED) is 0.517. The minimum absolute atomic E-state index is 0.0100. The summed E-state index contributed by atoms with van der Waals surface area (Å²) in [6, 6.07) is 5.00. The second kappa shape index (κ2) is 5.98. The van der Waals surface area contributed by atoms with Crippen molar-refractivity contribution in [3.8, 4) is 5.75 Å². The molecule has 0 spiro atoms. The zero-order valence-electron chi connectivity index (χ0n) is 12.2. The van der Waals surface area contributed by atoms with Crippen LogP contribution in [0.25, 0.3) is 0 Å². The Morgan fingerprint density at radius 1 is 0.880 bits per heavy atom. The molecule has 2 nitrogen and oxygen atoms in total. The van der Waals surface area contributed by atoms with Crippen molar-refractivity contribution in [1.82, 2.24) is 0 Å². The average molecular weight is 378 g/mol. The Morgan fingerprint density at radius 3 is 2.04 bits per heavy atom. The van der Waals surface area contributed by atoms with Crippen molar-refractivity contribution in [1.29, 1.82) is 0 Å². The first-order valence-corrected chi connectivity index (χ1v) is 7.78. The predicted octanol–water partition coefficient (Wildman–Crippen LogP) is 5.40. The number of alkyl halides is 6. The third-order valence-electron chi connectivity index (χ3n) is 3.48. The van der Waals surface area contributed by atoms with Gasteiger partial charge < -0.3 is 4.74 Å². The first-order valence-electron chi connectivity index (χ1n) is 6.79. The van der Waals surface area contributed by atoms with Crippen LogP contribution in [-0.2, 0) is 12.4 Å². The fraction of sp³-hybridized carbons (Fsp3) is 0.188. The number of ether oxygens (including phenoxy) is 1. The molecule has 2 aromatic rings. The van der Waals surface area contributed by atoms with Crippen LogP contribution in [0, 0.1) is 0 Å². The van der Waals surface area contributed by atoms with Crippen LogP contribution < -0.4 is 4.74 Å². The van der Waals surface area contributed by atoms with E-state index in [-0.39, 0.29) is 11.6 Å². The molecule has 0 saturated heterocycles. The van der Waals surface area contributed by atoms with Crippen LogP contribution in [0.3, 0.4) is 0 Å². The van der Waals surface area contributed by atoms with Crippen molar-refractivity contribution in [2.45, 2.75) is 17.2 Å². The van der Waals surface area contributed by atoms with Gasteiger partial charge in [-0.3, -0.25) is 4.79 Å². The maximum absolute atomic E-state index is 12.9. The fourth-order valence-corrected chi connectivity index (χ4v) is 3.08. The number of carbonyl (C=O) groups excluding carboxylic acids is 1. The van der Waals surface area contributed by atoms with Crippen molar-refractivity contribution in [2.24, 2.45) is 0 Å². The summed E-state index contributed by atoms with van der Waals surface area (Å²) in [6.07, 6.45) is -10.0. The summed E-state index contributed by atoms with van der Waals surface area (Å²) < 4.78 is 82.5. The second-order valence-corrected chi connectivity index (χ2v) is 6.16. The van der Waals surface area contributed by atoms with Gasteiger partial charge in [-0.2, -0.15) is 26.3 Å². The second-order valence-electron chi connectivity index (χ2n) is 5.19. The van der Waals surface area contributed by atoms with Crippen molar-refractivity contribution < 1.29 is 35.9 Å². The van der Waals surface area contributed by atoms with Crippen LogP contribution in [0.4, 0.5) is 26.3 Å². The van der Waals surface area contributed by atoms with Gasteiger partial charge in [0.25, 0.3) is 0 Å². The van der Waals surface area contributed by atoms with E-state index >= 15 is 0 Å². The molecule has 0 aliphatic carbocycles. The molecule has 9 heteroatoms. The molecule has 0 saturated carbocycles. The maximum atomic E-state index is 12.9. The SMILES string of the molecule is O=C(c1cc(C(F)(F)F)cc(C(F)(F)F)c1)c1ccc2c(c1)SCO2. The Labute approximate surface area is 141 Å². The molecule has 25 heavy (non-hydrogen) atoms. The van der Waals surface area contributed by atoms with Gasteiger partial charge >= 0.3 is 12.4 Å². The molecule has 0 bridgehead atoms. The highest BCUT2D eigenvalue weighted by atomic mass is 32.2. The molecule has 0 amide bonds. The van der Waals surface area contributed by atoms with Crippen LogP contribution >= 0.6 is 11.8 Å². The number of thioether (sulfide) groups is 1. The smallest absolute Gasteiger partial charge is 0.416 e. The molecule has 1 aliphatic rings. The van der Waals surface area contributed by atoms with Crippen LogP contribution in [0.1, 0.15) is 27.0 Å². The van der Waals surface area contributed by atoms with E-state index in [4.69, 9.17) is 4.74 Å². The lowest BCUT2D eigenvalue weighted by Gasteiger charge is -2.14. The largest absolute Gasteiger partial charge is 0.481 e. The third kappa shape index (κ3) is 3.60. The number of hydrogen-bond donors (Lipinski definition) is 0. The van der Waals surface area contributed by atoms with Crippen LogP contribution in [-0.4, -0.2) is 11.7 Å². The van der Waals surface area contributed by atoms with E-state index in [0.717, 1.165) is 0 Å². The Hall–Kier alpha value is -2.16. The van der Waals surface area contributed by atoms with Crippen molar-refractivity contribution >= 4 is 17.5 Å². The number of rotatable bonds is 2. The van der Waals surface area contributed by atoms with E-state index in [1.165, 1.54) is 30.0 Å². The summed E-state index contributed by atoms with van der Waals surface area (Å²) in [6.45, 7) is 0. The summed E-state index contributed by atoms with van der Waals surface area (Å²) in [5, 5.41) is 0. The zero-order valence-corrected chi connectivity index (χ0v) is 13.0. The van der Waals surface area contributed by atoms with E-state index in [0.29, 0.717) is 28.7 Å². The summed E-state index contributed by atoms with van der Waals surface area (Å²) in [4.78, 5) is 13.0. The van der Waals surface area contributed by atoms with Gasteiger partial charge in [0.1, 0.15) is 11.7 Å². The number of carbonyl (C=O) groups is 1. The highest BCUT2D eigenvalue weighted by Crippen LogP contribution is 2.39. The topological polar surface area (TPSA) is 26.3 Å². The van der Waals surface area contributed by atoms with E-state index in [1.807, 2.05) is 0 Å². The monoisotopic (exact) mass is 378 g/mol. The molecular weight excluding hydrogens is 370 g/mol. The van der Waals surface area contributed by atoms with Gasteiger partial charge in [0, 0.05) is 11.1 Å². The van der Waals surface area contributed by atoms with E-state index in [9.17, 15) is 31.1 Å². The lowest BCUT2D eigenvalue weighted by Crippen LogP contribution is -2.14. The standard InChI is InChI=1S/C16H8F6O2S/c17-15(18,19)10-3-9(4-11(6-10)16(20,21)22)14(23)8-1-2-12-13(5-8)25-7-24-12/h1-6H,7H2. The molecule has 0 fully saturated rings. The van der Waals surface area contributed by atoms with Crippen molar-refractivity contribution in [3.05, 3.63) is 58.7 Å². The van der Waals surface area contributed by atoms with Crippen LogP contribution in [0.2, 0.25) is 0 Å². The Bertz CT molecular complexity index is 809. The molecule has 132 valence electrons. The van der Waals surface area contributed by atoms with Gasteiger partial charge in [0.15, 0.2) is 5.78 Å². The Morgan fingerprint density at radius 2 is 1.48 bits per heavy atom. The molecule has 0 radical (unpaired) electrons. The normalized spacial score (nSPS) is 14.2. The number of fused-ring (bicyclic) bond motifs is 1. The fourth-order valence-electron chi connectivity index (χ4n) is 2.29. The van der Waals surface area contributed by atoms with Gasteiger partial charge in [0.05, 0.1) is 16.0 Å². The van der Waals surface area contributed by atoms with Gasteiger partial charge in [-0.1, -0.05) is 11.8 Å². The first-order chi connectivity index (χ1) is 11.6.